The third-order valence-corrected chi connectivity index (χ3v) is 7.26. The quantitative estimate of drug-likeness (QED) is 0.193. The van der Waals surface area contributed by atoms with Gasteiger partial charge in [0.05, 0.1) is 28.9 Å². The molecule has 2 N–H and O–H groups in total. The van der Waals surface area contributed by atoms with Gasteiger partial charge in [-0.05, 0) is 84.2 Å². The monoisotopic (exact) mass is 637 g/mol. The van der Waals surface area contributed by atoms with Crippen LogP contribution in [0.1, 0.15) is 37.9 Å². The summed E-state index contributed by atoms with van der Waals surface area (Å²) >= 11 is 9.71. The summed E-state index contributed by atoms with van der Waals surface area (Å²) in [6.45, 7) is 6.86. The van der Waals surface area contributed by atoms with Gasteiger partial charge in [0.25, 0.3) is 5.91 Å². The third-order valence-electron chi connectivity index (χ3n) is 6.42. The van der Waals surface area contributed by atoms with Crippen LogP contribution in [0, 0.1) is 0 Å². The molecule has 1 aromatic heterocycles. The highest BCUT2D eigenvalue weighted by atomic mass is 79.9. The van der Waals surface area contributed by atoms with Gasteiger partial charge in [-0.1, -0.05) is 35.9 Å². The van der Waals surface area contributed by atoms with Crippen LogP contribution in [0.25, 0.3) is 0 Å². The highest BCUT2D eigenvalue weighted by Gasteiger charge is 2.35. The van der Waals surface area contributed by atoms with Gasteiger partial charge in [-0.2, -0.15) is 10.1 Å². The lowest BCUT2D eigenvalue weighted by atomic mass is 9.94. The number of anilines is 2. The van der Waals surface area contributed by atoms with E-state index >= 15 is 0 Å². The lowest BCUT2D eigenvalue weighted by Gasteiger charge is -2.29. The van der Waals surface area contributed by atoms with Crippen LogP contribution in [0.4, 0.5) is 11.6 Å². The highest BCUT2D eigenvalue weighted by Crippen LogP contribution is 2.43. The van der Waals surface area contributed by atoms with Crippen LogP contribution in [0.2, 0.25) is 5.02 Å². The van der Waals surface area contributed by atoms with Gasteiger partial charge in [-0.3, -0.25) is 4.79 Å². The molecule has 5 rings (SSSR count). The topological polar surface area (TPSA) is 99.5 Å². The molecule has 1 amide bonds. The molecule has 0 spiro atoms. The Kier molecular flexibility index (Phi) is 8.80. The molecule has 212 valence electrons. The van der Waals surface area contributed by atoms with Crippen molar-refractivity contribution in [3.8, 4) is 17.2 Å². The van der Waals surface area contributed by atoms with Gasteiger partial charge in [0, 0.05) is 10.7 Å². The SMILES string of the molecule is CCOc1ccccc1NC(=O)C1=C(C)Nc2ncnn2C1c1cc(Br)c(OCc2ccc(Cl)cc2)c(OCC)c1. The Morgan fingerprint density at radius 3 is 2.54 bits per heavy atom. The zero-order chi connectivity index (χ0) is 28.9. The molecule has 0 fully saturated rings. The Morgan fingerprint density at radius 2 is 1.78 bits per heavy atom. The van der Waals surface area contributed by atoms with Gasteiger partial charge in [-0.25, -0.2) is 4.68 Å². The van der Waals surface area contributed by atoms with Crippen molar-refractivity contribution < 1.29 is 19.0 Å². The first-order valence-electron chi connectivity index (χ1n) is 13.1. The second-order valence-electron chi connectivity index (χ2n) is 9.16. The van der Waals surface area contributed by atoms with Crippen molar-refractivity contribution in [2.24, 2.45) is 0 Å². The van der Waals surface area contributed by atoms with Crippen LogP contribution in [0.5, 0.6) is 17.2 Å². The molecular weight excluding hydrogens is 610 g/mol. The summed E-state index contributed by atoms with van der Waals surface area (Å²) in [6.07, 6.45) is 1.45. The minimum Gasteiger partial charge on any atom is -0.492 e. The Morgan fingerprint density at radius 1 is 1.05 bits per heavy atom. The molecule has 0 aliphatic carbocycles. The molecule has 4 aromatic rings. The molecule has 41 heavy (non-hydrogen) atoms. The van der Waals surface area contributed by atoms with Gasteiger partial charge in [0.1, 0.15) is 24.7 Å². The first kappa shape index (κ1) is 28.5. The van der Waals surface area contributed by atoms with Gasteiger partial charge >= 0.3 is 0 Å². The molecule has 0 saturated heterocycles. The molecule has 1 aliphatic rings. The Balaban J connectivity index is 1.52. The fourth-order valence-electron chi connectivity index (χ4n) is 4.62. The number of hydrogen-bond donors (Lipinski definition) is 2. The first-order chi connectivity index (χ1) is 19.9. The average Bonchev–Trinajstić information content (AvgIpc) is 3.42. The number of aromatic nitrogens is 3. The number of carbonyl (C=O) groups excluding carboxylic acids is 1. The molecule has 1 unspecified atom stereocenters. The smallest absolute Gasteiger partial charge is 0.255 e. The number of hydrogen-bond acceptors (Lipinski definition) is 7. The van der Waals surface area contributed by atoms with E-state index in [0.29, 0.717) is 69.5 Å². The van der Waals surface area contributed by atoms with Crippen molar-refractivity contribution in [1.82, 2.24) is 14.8 Å². The highest BCUT2D eigenvalue weighted by molar-refractivity contribution is 9.10. The van der Waals surface area contributed by atoms with Crippen molar-refractivity contribution in [3.63, 3.8) is 0 Å². The van der Waals surface area contributed by atoms with Crippen molar-refractivity contribution in [1.29, 1.82) is 0 Å². The van der Waals surface area contributed by atoms with E-state index in [1.807, 2.05) is 81.4 Å². The van der Waals surface area contributed by atoms with Gasteiger partial charge < -0.3 is 24.8 Å². The van der Waals surface area contributed by atoms with E-state index in [-0.39, 0.29) is 5.91 Å². The largest absolute Gasteiger partial charge is 0.492 e. The number of amides is 1. The molecule has 1 atom stereocenters. The number of carbonyl (C=O) groups is 1. The molecular formula is C30H29BrClN5O4. The number of rotatable bonds is 10. The summed E-state index contributed by atoms with van der Waals surface area (Å²) in [7, 11) is 0. The molecule has 0 bridgehead atoms. The Labute approximate surface area is 251 Å². The lowest BCUT2D eigenvalue weighted by molar-refractivity contribution is -0.113. The number of benzene rings is 3. The average molecular weight is 639 g/mol. The van der Waals surface area contributed by atoms with E-state index in [4.69, 9.17) is 25.8 Å². The van der Waals surface area contributed by atoms with Crippen LogP contribution in [-0.4, -0.2) is 33.9 Å². The van der Waals surface area contributed by atoms with E-state index in [9.17, 15) is 4.79 Å². The Bertz CT molecular complexity index is 1590. The second-order valence-corrected chi connectivity index (χ2v) is 10.4. The molecule has 11 heteroatoms. The predicted octanol–water partition coefficient (Wildman–Crippen LogP) is 7.00. The first-order valence-corrected chi connectivity index (χ1v) is 14.3. The Hall–Kier alpha value is -4.02. The molecule has 2 heterocycles. The van der Waals surface area contributed by atoms with Crippen LogP contribution >= 0.6 is 27.5 Å². The van der Waals surface area contributed by atoms with Gasteiger partial charge in [-0.15, -0.1) is 0 Å². The minimum atomic E-state index is -0.603. The van der Waals surface area contributed by atoms with E-state index in [1.54, 1.807) is 4.68 Å². The van der Waals surface area contributed by atoms with Gasteiger partial charge in [0.15, 0.2) is 11.5 Å². The number of allylic oxidation sites excluding steroid dienone is 1. The van der Waals surface area contributed by atoms with Crippen molar-refractivity contribution >= 4 is 45.1 Å². The van der Waals surface area contributed by atoms with Crippen LogP contribution in [-0.2, 0) is 11.4 Å². The minimum absolute atomic E-state index is 0.301. The zero-order valence-corrected chi connectivity index (χ0v) is 25.1. The van der Waals surface area contributed by atoms with Crippen LogP contribution in [0.15, 0.2) is 82.7 Å². The van der Waals surface area contributed by atoms with Crippen molar-refractivity contribution in [2.45, 2.75) is 33.4 Å². The molecule has 0 radical (unpaired) electrons. The fourth-order valence-corrected chi connectivity index (χ4v) is 5.32. The molecule has 9 nitrogen and oxygen atoms in total. The summed E-state index contributed by atoms with van der Waals surface area (Å²) in [5, 5.41) is 11.3. The number of halogens is 2. The standard InChI is InChI=1S/C30H29BrClN5O4/c1-4-39-24-9-7-6-8-23(24)36-29(38)26-18(3)35-30-33-17-34-37(30)27(26)20-14-22(31)28(25(15-20)40-5-2)41-16-19-10-12-21(32)13-11-19/h6-15,17,27H,4-5,16H2,1-3H3,(H,36,38)(H,33,34,35). The molecule has 0 saturated carbocycles. The summed E-state index contributed by atoms with van der Waals surface area (Å²) in [5.74, 6) is 1.90. The number of ether oxygens (including phenoxy) is 3. The van der Waals surface area contributed by atoms with Crippen molar-refractivity contribution in [3.05, 3.63) is 98.9 Å². The lowest BCUT2D eigenvalue weighted by Crippen LogP contribution is -2.31. The normalized spacial score (nSPS) is 14.2. The van der Waals surface area contributed by atoms with E-state index in [2.05, 4.69) is 36.6 Å². The second kappa shape index (κ2) is 12.7. The maximum atomic E-state index is 13.9. The maximum absolute atomic E-state index is 13.9. The van der Waals surface area contributed by atoms with E-state index < -0.39 is 6.04 Å². The third kappa shape index (κ3) is 6.18. The van der Waals surface area contributed by atoms with Crippen LogP contribution in [0.3, 0.4) is 0 Å². The molecule has 1 aliphatic heterocycles. The number of para-hydroxylation sites is 2. The summed E-state index contributed by atoms with van der Waals surface area (Å²) in [6, 6.07) is 18.0. The number of nitrogens with one attached hydrogen (secondary N) is 2. The number of fused-ring (bicyclic) bond motifs is 1. The van der Waals surface area contributed by atoms with Crippen LogP contribution < -0.4 is 24.8 Å². The predicted molar refractivity (Wildman–Crippen MR) is 162 cm³/mol. The van der Waals surface area contributed by atoms with E-state index in [1.165, 1.54) is 6.33 Å². The summed E-state index contributed by atoms with van der Waals surface area (Å²) < 4.78 is 20.3. The summed E-state index contributed by atoms with van der Waals surface area (Å²) in [5.41, 5.74) is 3.42. The van der Waals surface area contributed by atoms with E-state index in [0.717, 1.165) is 11.1 Å². The maximum Gasteiger partial charge on any atom is 0.255 e. The summed E-state index contributed by atoms with van der Waals surface area (Å²) in [4.78, 5) is 18.2. The fraction of sp³-hybridized carbons (Fsp3) is 0.233. The number of nitrogens with zero attached hydrogens (tertiary/aromatic N) is 3. The van der Waals surface area contributed by atoms with Crippen molar-refractivity contribution in [2.75, 3.05) is 23.8 Å². The van der Waals surface area contributed by atoms with Gasteiger partial charge in [0.2, 0.25) is 5.95 Å². The zero-order valence-electron chi connectivity index (χ0n) is 22.8. The molecule has 3 aromatic carbocycles.